The first-order valence-electron chi connectivity index (χ1n) is 13.9. The van der Waals surface area contributed by atoms with Gasteiger partial charge in [0.2, 0.25) is 0 Å². The normalized spacial score (nSPS) is 45.8. The Morgan fingerprint density at radius 3 is 2.09 bits per heavy atom. The van der Waals surface area contributed by atoms with Crippen molar-refractivity contribution in [3.8, 4) is 0 Å². The molecule has 8 atom stereocenters. The molecular weight excluding hydrogens is 424 g/mol. The number of fused-ring (bicyclic) bond motifs is 5. The third kappa shape index (κ3) is 3.67. The molecule has 4 fully saturated rings. The summed E-state index contributed by atoms with van der Waals surface area (Å²) in [5, 5.41) is 21.8. The zero-order valence-electron chi connectivity index (χ0n) is 23.1. The van der Waals surface area contributed by atoms with Crippen molar-refractivity contribution in [2.45, 2.75) is 131 Å². The van der Waals surface area contributed by atoms with E-state index in [9.17, 15) is 19.8 Å². The second-order valence-electron chi connectivity index (χ2n) is 14.9. The number of ketones is 2. The fourth-order valence-electron chi connectivity index (χ4n) is 10.00. The molecule has 34 heavy (non-hydrogen) atoms. The second-order valence-corrected chi connectivity index (χ2v) is 14.9. The van der Waals surface area contributed by atoms with E-state index in [2.05, 4.69) is 34.6 Å². The summed E-state index contributed by atoms with van der Waals surface area (Å²) in [5.41, 5.74) is -1.99. The molecule has 0 amide bonds. The molecule has 0 unspecified atom stereocenters. The summed E-state index contributed by atoms with van der Waals surface area (Å²) in [7, 11) is 0. The van der Waals surface area contributed by atoms with Gasteiger partial charge in [-0.25, -0.2) is 0 Å². The number of rotatable bonds is 5. The minimum atomic E-state index is -0.896. The van der Waals surface area contributed by atoms with E-state index < -0.39 is 11.2 Å². The van der Waals surface area contributed by atoms with Gasteiger partial charge in [-0.15, -0.1) is 0 Å². The average Bonchev–Trinajstić information content (AvgIpc) is 3.07. The predicted octanol–water partition coefficient (Wildman–Crippen LogP) is 6.11. The Balaban J connectivity index is 1.64. The topological polar surface area (TPSA) is 74.6 Å². The first kappa shape index (κ1) is 26.3. The van der Waals surface area contributed by atoms with Crippen LogP contribution in [0.25, 0.3) is 0 Å². The third-order valence-electron chi connectivity index (χ3n) is 12.2. The lowest BCUT2D eigenvalue weighted by Gasteiger charge is -2.68. The predicted molar refractivity (Wildman–Crippen MR) is 135 cm³/mol. The Morgan fingerprint density at radius 2 is 1.47 bits per heavy atom. The van der Waals surface area contributed by atoms with Crippen molar-refractivity contribution in [1.82, 2.24) is 0 Å². The molecule has 4 nitrogen and oxygen atoms in total. The van der Waals surface area contributed by atoms with Gasteiger partial charge in [-0.1, -0.05) is 34.6 Å². The van der Waals surface area contributed by atoms with E-state index in [0.29, 0.717) is 49.1 Å². The van der Waals surface area contributed by atoms with Gasteiger partial charge >= 0.3 is 0 Å². The lowest BCUT2D eigenvalue weighted by molar-refractivity contribution is -0.205. The van der Waals surface area contributed by atoms with E-state index >= 15 is 0 Å². The molecule has 0 spiro atoms. The molecule has 0 bridgehead atoms. The van der Waals surface area contributed by atoms with Crippen molar-refractivity contribution in [2.75, 3.05) is 0 Å². The Kier molecular flexibility index (Phi) is 6.10. The van der Waals surface area contributed by atoms with Crippen LogP contribution in [-0.2, 0) is 9.59 Å². The van der Waals surface area contributed by atoms with Crippen molar-refractivity contribution in [1.29, 1.82) is 0 Å². The fourth-order valence-corrected chi connectivity index (χ4v) is 10.00. The van der Waals surface area contributed by atoms with Gasteiger partial charge in [0.15, 0.2) is 0 Å². The van der Waals surface area contributed by atoms with Crippen molar-refractivity contribution >= 4 is 11.6 Å². The molecular formula is C30H50O4. The van der Waals surface area contributed by atoms with Gasteiger partial charge in [0, 0.05) is 24.2 Å². The first-order chi connectivity index (χ1) is 15.4. The van der Waals surface area contributed by atoms with Crippen molar-refractivity contribution < 1.29 is 19.8 Å². The monoisotopic (exact) mass is 474 g/mol. The Bertz CT molecular complexity index is 850. The smallest absolute Gasteiger partial charge is 0.138 e. The minimum absolute atomic E-state index is 0.0144. The van der Waals surface area contributed by atoms with E-state index in [1.807, 2.05) is 20.8 Å². The van der Waals surface area contributed by atoms with Crippen LogP contribution in [0.3, 0.4) is 0 Å². The maximum atomic E-state index is 14.0. The molecule has 0 aromatic rings. The van der Waals surface area contributed by atoms with Gasteiger partial charge in [-0.2, -0.15) is 0 Å². The molecule has 0 heterocycles. The molecule has 0 saturated heterocycles. The van der Waals surface area contributed by atoms with Crippen molar-refractivity contribution in [3.63, 3.8) is 0 Å². The molecule has 0 radical (unpaired) electrons. The number of carbonyl (C=O) groups excluding carboxylic acids is 2. The number of aliphatic hydroxyl groups is 2. The molecule has 2 N–H and O–H groups in total. The fraction of sp³-hybridized carbons (Fsp3) is 0.933. The van der Waals surface area contributed by atoms with Crippen LogP contribution in [0.15, 0.2) is 0 Å². The van der Waals surface area contributed by atoms with Gasteiger partial charge in [-0.05, 0) is 106 Å². The zero-order valence-corrected chi connectivity index (χ0v) is 23.1. The van der Waals surface area contributed by atoms with Crippen LogP contribution < -0.4 is 0 Å². The molecule has 4 rings (SSSR count). The highest BCUT2D eigenvalue weighted by Gasteiger charge is 2.71. The van der Waals surface area contributed by atoms with E-state index in [1.165, 1.54) is 0 Å². The zero-order chi connectivity index (χ0) is 25.5. The quantitative estimate of drug-likeness (QED) is 0.504. The van der Waals surface area contributed by atoms with Crippen LogP contribution in [0, 0.1) is 45.3 Å². The molecule has 0 aliphatic heterocycles. The number of hydrogen-bond donors (Lipinski definition) is 2. The highest BCUT2D eigenvalue weighted by Crippen LogP contribution is 2.74. The maximum absolute atomic E-state index is 14.0. The van der Waals surface area contributed by atoms with Crippen molar-refractivity contribution in [3.05, 3.63) is 0 Å². The number of carbonyl (C=O) groups is 2. The summed E-state index contributed by atoms with van der Waals surface area (Å²) < 4.78 is 0. The van der Waals surface area contributed by atoms with E-state index in [4.69, 9.17) is 0 Å². The van der Waals surface area contributed by atoms with Crippen molar-refractivity contribution in [2.24, 2.45) is 45.3 Å². The Morgan fingerprint density at radius 1 is 0.853 bits per heavy atom. The Labute approximate surface area is 207 Å². The summed E-state index contributed by atoms with van der Waals surface area (Å²) in [6, 6.07) is 0. The van der Waals surface area contributed by atoms with E-state index in [0.717, 1.165) is 38.5 Å². The number of Topliss-reactive ketones (excluding diaryl/α,β-unsaturated/α-hetero) is 2. The van der Waals surface area contributed by atoms with E-state index in [-0.39, 0.29) is 33.5 Å². The van der Waals surface area contributed by atoms with Crippen LogP contribution >= 0.6 is 0 Å². The highest BCUT2D eigenvalue weighted by atomic mass is 16.3. The van der Waals surface area contributed by atoms with Gasteiger partial charge < -0.3 is 10.2 Å². The summed E-state index contributed by atoms with van der Waals surface area (Å²) in [4.78, 5) is 26.8. The Hall–Kier alpha value is -0.740. The maximum Gasteiger partial charge on any atom is 0.138 e. The molecule has 0 aromatic carbocycles. The number of hydrogen-bond acceptors (Lipinski definition) is 4. The molecule has 0 aromatic heterocycles. The van der Waals surface area contributed by atoms with Crippen LogP contribution in [-0.4, -0.2) is 33.0 Å². The molecule has 4 aliphatic rings. The van der Waals surface area contributed by atoms with Gasteiger partial charge in [0.05, 0.1) is 11.2 Å². The second kappa shape index (κ2) is 7.88. The van der Waals surface area contributed by atoms with Crippen LogP contribution in [0.5, 0.6) is 0 Å². The standard InChI is InChI=1S/C30H50O4/c1-25(2,33)13-9-14-30(8,34)19-10-16-29(7)24(19)20(31)18-22-27(5)15-12-23(32)26(3,4)21(27)11-17-28(22,29)6/h19,21-22,24,33-34H,9-18H2,1-8H3/t19-,21-,22+,24-,27-,28+,29+,30+/m0/s1. The molecule has 4 heteroatoms. The minimum Gasteiger partial charge on any atom is -0.390 e. The van der Waals surface area contributed by atoms with Crippen LogP contribution in [0.4, 0.5) is 0 Å². The first-order valence-corrected chi connectivity index (χ1v) is 13.9. The lowest BCUT2D eigenvalue weighted by atomic mass is 9.35. The van der Waals surface area contributed by atoms with Gasteiger partial charge in [0.1, 0.15) is 11.6 Å². The molecule has 4 saturated carbocycles. The van der Waals surface area contributed by atoms with Gasteiger partial charge in [-0.3, -0.25) is 9.59 Å². The largest absolute Gasteiger partial charge is 0.390 e. The summed E-state index contributed by atoms with van der Waals surface area (Å²) in [6.45, 7) is 17.1. The lowest BCUT2D eigenvalue weighted by Crippen LogP contribution is -2.65. The van der Waals surface area contributed by atoms with Gasteiger partial charge in [0.25, 0.3) is 0 Å². The summed E-state index contributed by atoms with van der Waals surface area (Å²) in [6.07, 6.45) is 8.20. The van der Waals surface area contributed by atoms with Crippen LogP contribution in [0.1, 0.15) is 120 Å². The van der Waals surface area contributed by atoms with Crippen LogP contribution in [0.2, 0.25) is 0 Å². The highest BCUT2D eigenvalue weighted by molar-refractivity contribution is 5.86. The third-order valence-corrected chi connectivity index (χ3v) is 12.2. The SMILES string of the molecule is CC(C)(O)CCC[C@@](C)(O)[C@H]1CC[C@]2(C)[C@@H]1C(=O)C[C@@H]1[C@@]3(C)CCC(=O)C(C)(C)[C@@H]3CC[C@]12C. The summed E-state index contributed by atoms with van der Waals surface area (Å²) >= 11 is 0. The average molecular weight is 475 g/mol. The molecule has 4 aliphatic carbocycles. The summed E-state index contributed by atoms with van der Waals surface area (Å²) in [5.74, 6) is 1.29. The molecule has 194 valence electrons. The van der Waals surface area contributed by atoms with E-state index in [1.54, 1.807) is 0 Å².